The maximum atomic E-state index is 13.7. The van der Waals surface area contributed by atoms with Gasteiger partial charge in [0, 0.05) is 69.6 Å². The maximum absolute atomic E-state index is 13.7. The molecule has 34 heavy (non-hydrogen) atoms. The van der Waals surface area contributed by atoms with Gasteiger partial charge in [-0.3, -0.25) is 9.59 Å². The van der Waals surface area contributed by atoms with Crippen LogP contribution < -0.4 is 10.6 Å². The van der Waals surface area contributed by atoms with E-state index in [1.165, 1.54) is 16.5 Å². The first-order valence-electron chi connectivity index (χ1n) is 12.8. The molecule has 1 aliphatic heterocycles. The molecule has 7 heteroatoms. The zero-order chi connectivity index (χ0) is 24.1. The lowest BCUT2D eigenvalue weighted by Gasteiger charge is -2.33. The van der Waals surface area contributed by atoms with E-state index in [0.29, 0.717) is 44.6 Å². The van der Waals surface area contributed by atoms with E-state index in [1.54, 1.807) is 7.11 Å². The van der Waals surface area contributed by atoms with E-state index in [1.807, 2.05) is 0 Å². The molecule has 0 radical (unpaired) electrons. The van der Waals surface area contributed by atoms with Crippen LogP contribution in [0.4, 0.5) is 0 Å². The normalized spacial score (nSPS) is 20.6. The van der Waals surface area contributed by atoms with Crippen molar-refractivity contribution in [1.29, 1.82) is 0 Å². The third-order valence-electron chi connectivity index (χ3n) is 6.99. The molecule has 1 aromatic carbocycles. The molecular weight excluding hydrogens is 428 g/mol. The summed E-state index contributed by atoms with van der Waals surface area (Å²) < 4.78 is 7.53. The highest BCUT2D eigenvalue weighted by Gasteiger charge is 2.39. The van der Waals surface area contributed by atoms with E-state index in [-0.39, 0.29) is 23.7 Å². The van der Waals surface area contributed by atoms with Crippen LogP contribution in [0.5, 0.6) is 0 Å². The minimum absolute atomic E-state index is 0.0656. The second-order valence-electron chi connectivity index (χ2n) is 10.3. The van der Waals surface area contributed by atoms with Crippen LogP contribution in [-0.4, -0.2) is 60.7 Å². The number of nitrogens with one attached hydrogen (secondary N) is 2. The summed E-state index contributed by atoms with van der Waals surface area (Å²) in [4.78, 5) is 28.4. The Morgan fingerprint density at radius 3 is 2.71 bits per heavy atom. The van der Waals surface area contributed by atoms with Gasteiger partial charge < -0.3 is 24.8 Å². The van der Waals surface area contributed by atoms with Crippen LogP contribution in [0, 0.1) is 17.8 Å². The van der Waals surface area contributed by atoms with Gasteiger partial charge in [-0.05, 0) is 43.2 Å². The number of carbonyl (C=O) groups is 2. The summed E-state index contributed by atoms with van der Waals surface area (Å²) in [5, 5.41) is 7.61. The van der Waals surface area contributed by atoms with Crippen molar-refractivity contribution in [2.75, 3.05) is 33.4 Å². The molecule has 2 atom stereocenters. The number of carbonyl (C=O) groups excluding carboxylic acids is 2. The Morgan fingerprint density at radius 1 is 1.21 bits per heavy atom. The quantitative estimate of drug-likeness (QED) is 0.497. The van der Waals surface area contributed by atoms with Gasteiger partial charge in [0.05, 0.1) is 11.8 Å². The van der Waals surface area contributed by atoms with Crippen LogP contribution in [0.3, 0.4) is 0 Å². The number of aromatic nitrogens is 1. The molecule has 2 heterocycles. The number of rotatable bonds is 11. The van der Waals surface area contributed by atoms with Crippen LogP contribution in [0.15, 0.2) is 30.5 Å². The number of amides is 2. The van der Waals surface area contributed by atoms with Gasteiger partial charge in [-0.1, -0.05) is 32.0 Å². The molecule has 7 nitrogen and oxygen atoms in total. The van der Waals surface area contributed by atoms with E-state index in [0.717, 1.165) is 32.4 Å². The Bertz CT molecular complexity index is 981. The van der Waals surface area contributed by atoms with E-state index < -0.39 is 0 Å². The predicted molar refractivity (Wildman–Crippen MR) is 134 cm³/mol. The van der Waals surface area contributed by atoms with Gasteiger partial charge in [-0.25, -0.2) is 0 Å². The second-order valence-corrected chi connectivity index (χ2v) is 10.3. The maximum Gasteiger partial charge on any atom is 0.227 e. The van der Waals surface area contributed by atoms with Crippen molar-refractivity contribution in [1.82, 2.24) is 20.1 Å². The Morgan fingerprint density at radius 2 is 1.97 bits per heavy atom. The molecule has 0 bridgehead atoms. The molecule has 0 spiro atoms. The number of hydrogen-bond donors (Lipinski definition) is 2. The lowest BCUT2D eigenvalue weighted by molar-refractivity contribution is -0.138. The number of para-hydroxylation sites is 1. The van der Waals surface area contributed by atoms with Gasteiger partial charge in [0.15, 0.2) is 0 Å². The smallest absolute Gasteiger partial charge is 0.227 e. The van der Waals surface area contributed by atoms with Crippen LogP contribution in [0.1, 0.15) is 45.1 Å². The predicted octanol–water partition coefficient (Wildman–Crippen LogP) is 3.17. The number of nitrogens with zero attached hydrogens (tertiary/aromatic N) is 2. The minimum atomic E-state index is -0.154. The minimum Gasteiger partial charge on any atom is -0.385 e. The number of aryl methyl sites for hydroxylation is 1. The molecule has 2 aliphatic rings. The van der Waals surface area contributed by atoms with Crippen LogP contribution in [-0.2, 0) is 27.4 Å². The van der Waals surface area contributed by atoms with Crippen LogP contribution in [0.2, 0.25) is 0 Å². The molecule has 1 aromatic heterocycles. The topological polar surface area (TPSA) is 75.6 Å². The Hall–Kier alpha value is -2.38. The molecular formula is C27H40N4O3. The van der Waals surface area contributed by atoms with E-state index in [4.69, 9.17) is 4.74 Å². The van der Waals surface area contributed by atoms with Gasteiger partial charge in [0.25, 0.3) is 0 Å². The summed E-state index contributed by atoms with van der Waals surface area (Å²) in [6.45, 7) is 8.40. The number of methoxy groups -OCH3 is 1. The van der Waals surface area contributed by atoms with Crippen molar-refractivity contribution in [3.8, 4) is 0 Å². The fourth-order valence-electron chi connectivity index (χ4n) is 4.98. The number of ether oxygens (including phenoxy) is 1. The van der Waals surface area contributed by atoms with Gasteiger partial charge in [0.2, 0.25) is 11.8 Å². The highest BCUT2D eigenvalue weighted by atomic mass is 16.5. The fourth-order valence-corrected chi connectivity index (χ4v) is 4.98. The first-order chi connectivity index (χ1) is 16.5. The second kappa shape index (κ2) is 11.4. The largest absolute Gasteiger partial charge is 0.385 e. The summed E-state index contributed by atoms with van der Waals surface area (Å²) in [7, 11) is 1.73. The first-order valence-corrected chi connectivity index (χ1v) is 12.8. The average Bonchev–Trinajstić information content (AvgIpc) is 3.63. The zero-order valence-corrected chi connectivity index (χ0v) is 20.9. The summed E-state index contributed by atoms with van der Waals surface area (Å²) in [6.07, 6.45) is 5.92. The molecule has 1 aliphatic carbocycles. The Labute approximate surface area is 203 Å². The highest BCUT2D eigenvalue weighted by molar-refractivity contribution is 5.86. The third kappa shape index (κ3) is 5.99. The SMILES string of the molecule is COCCCn1cc(CN(C(=O)[C@H]2CNCC(C(=O)NCC(C)C)C2)C2CC2)c2ccccc21. The summed E-state index contributed by atoms with van der Waals surface area (Å²) in [5.41, 5.74) is 2.40. The Balaban J connectivity index is 1.47. The molecule has 2 N–H and O–H groups in total. The molecule has 2 amide bonds. The average molecular weight is 469 g/mol. The highest BCUT2D eigenvalue weighted by Crippen LogP contribution is 2.33. The number of hydrogen-bond acceptors (Lipinski definition) is 4. The van der Waals surface area contributed by atoms with Gasteiger partial charge in [-0.2, -0.15) is 0 Å². The van der Waals surface area contributed by atoms with Crippen molar-refractivity contribution in [2.24, 2.45) is 17.8 Å². The first kappa shape index (κ1) is 24.7. The fraction of sp³-hybridized carbons (Fsp3) is 0.630. The van der Waals surface area contributed by atoms with Crippen molar-refractivity contribution >= 4 is 22.7 Å². The van der Waals surface area contributed by atoms with Gasteiger partial charge >= 0.3 is 0 Å². The molecule has 2 aromatic rings. The standard InChI is InChI=1S/C27H40N4O3/c1-19(2)14-29-26(32)20-13-21(16-28-15-20)27(33)31(23-9-10-23)18-22-17-30(11-6-12-34-3)25-8-5-4-7-24(22)25/h4-5,7-8,17,19-21,23,28H,6,9-16,18H2,1-3H3,(H,29,32)/t20?,21-/m1/s1. The van der Waals surface area contributed by atoms with Crippen LogP contribution >= 0.6 is 0 Å². The lowest BCUT2D eigenvalue weighted by atomic mass is 9.88. The van der Waals surface area contributed by atoms with Crippen molar-refractivity contribution in [2.45, 2.75) is 58.7 Å². The molecule has 186 valence electrons. The van der Waals surface area contributed by atoms with E-state index in [2.05, 4.69) is 64.4 Å². The molecule has 4 rings (SSSR count). The van der Waals surface area contributed by atoms with Crippen LogP contribution in [0.25, 0.3) is 10.9 Å². The zero-order valence-electron chi connectivity index (χ0n) is 20.9. The van der Waals surface area contributed by atoms with Gasteiger partial charge in [0.1, 0.15) is 0 Å². The van der Waals surface area contributed by atoms with E-state index in [9.17, 15) is 9.59 Å². The van der Waals surface area contributed by atoms with Crippen molar-refractivity contribution < 1.29 is 14.3 Å². The number of piperidine rings is 1. The van der Waals surface area contributed by atoms with Crippen molar-refractivity contribution in [3.63, 3.8) is 0 Å². The number of fused-ring (bicyclic) bond motifs is 1. The van der Waals surface area contributed by atoms with Crippen molar-refractivity contribution in [3.05, 3.63) is 36.0 Å². The summed E-state index contributed by atoms with van der Waals surface area (Å²) in [6, 6.07) is 8.77. The lowest BCUT2D eigenvalue weighted by Crippen LogP contribution is -2.49. The molecule has 2 fully saturated rings. The molecule has 1 saturated heterocycles. The Kier molecular flexibility index (Phi) is 8.27. The van der Waals surface area contributed by atoms with E-state index >= 15 is 0 Å². The summed E-state index contributed by atoms with van der Waals surface area (Å²) in [5.74, 6) is 0.368. The monoisotopic (exact) mass is 468 g/mol. The summed E-state index contributed by atoms with van der Waals surface area (Å²) >= 11 is 0. The molecule has 1 saturated carbocycles. The van der Waals surface area contributed by atoms with Gasteiger partial charge in [-0.15, -0.1) is 0 Å². The third-order valence-corrected chi connectivity index (χ3v) is 6.99. The number of benzene rings is 1. The molecule has 1 unspecified atom stereocenters.